The molecule has 0 aliphatic carbocycles. The number of carbonyl (C=O) groups excluding carboxylic acids is 2. The van der Waals surface area contributed by atoms with Crippen LogP contribution >= 0.6 is 11.3 Å². The van der Waals surface area contributed by atoms with Crippen LogP contribution in [0.15, 0.2) is 5.38 Å². The molecule has 1 fully saturated rings. The fourth-order valence-electron chi connectivity index (χ4n) is 4.88. The first kappa shape index (κ1) is 33.1. The number of aliphatic hydroxyl groups is 1. The van der Waals surface area contributed by atoms with Gasteiger partial charge < -0.3 is 25.2 Å². The molecule has 11 heteroatoms. The zero-order valence-corrected chi connectivity index (χ0v) is 25.2. The number of carboxylic acids is 1. The fourth-order valence-corrected chi connectivity index (χ4v) is 5.67. The van der Waals surface area contributed by atoms with Crippen LogP contribution in [-0.4, -0.2) is 87.8 Å². The van der Waals surface area contributed by atoms with E-state index in [1.807, 2.05) is 34.7 Å². The molecule has 3 N–H and O–H groups in total. The summed E-state index contributed by atoms with van der Waals surface area (Å²) in [5, 5.41) is 25.0. The molecule has 0 spiro atoms. The van der Waals surface area contributed by atoms with Crippen LogP contribution < -0.4 is 5.32 Å². The van der Waals surface area contributed by atoms with E-state index in [1.54, 1.807) is 4.90 Å². The van der Waals surface area contributed by atoms with Gasteiger partial charge in [-0.05, 0) is 44.7 Å². The number of hydrogen-bond acceptors (Lipinski definition) is 8. The average molecular weight is 569 g/mol. The highest BCUT2D eigenvalue weighted by atomic mass is 32.1. The predicted molar refractivity (Wildman–Crippen MR) is 152 cm³/mol. The number of carboxylic acid groups (broad SMARTS) is 1. The maximum absolute atomic E-state index is 14.2. The first-order valence-corrected chi connectivity index (χ1v) is 15.1. The Morgan fingerprint density at radius 3 is 2.54 bits per heavy atom. The molecule has 222 valence electrons. The molecule has 5 atom stereocenters. The number of nitrogens with one attached hydrogen (secondary N) is 1. The molecule has 0 aromatic carbocycles. The van der Waals surface area contributed by atoms with Crippen molar-refractivity contribution in [2.75, 3.05) is 26.9 Å². The Hall–Kier alpha value is -2.08. The Morgan fingerprint density at radius 1 is 1.26 bits per heavy atom. The number of aromatic nitrogens is 1. The molecule has 10 nitrogen and oxygen atoms in total. The number of thiazole rings is 1. The van der Waals surface area contributed by atoms with Gasteiger partial charge in [-0.2, -0.15) is 0 Å². The predicted octanol–water partition coefficient (Wildman–Crippen LogP) is 3.91. The van der Waals surface area contributed by atoms with Gasteiger partial charge in [0.1, 0.15) is 23.9 Å². The van der Waals surface area contributed by atoms with E-state index in [0.717, 1.165) is 50.0 Å². The minimum atomic E-state index is -1.15. The van der Waals surface area contributed by atoms with Crippen molar-refractivity contribution in [2.45, 2.75) is 104 Å². The molecular formula is C28H48N4O6S. The SMILES string of the molecule is CCCCOCN(C(=O)C(NC(=O)C1CCCCN1C)C(C)CC)C(CC(O)c1nc(C(=O)O)cs1)C(C)C. The molecule has 2 rings (SSSR count). The number of likely N-dealkylation sites (tertiary alicyclic amines) is 1. The van der Waals surface area contributed by atoms with Gasteiger partial charge in [-0.3, -0.25) is 14.5 Å². The van der Waals surface area contributed by atoms with Gasteiger partial charge in [0.2, 0.25) is 11.8 Å². The Kier molecular flexibility index (Phi) is 13.8. The van der Waals surface area contributed by atoms with Crippen molar-refractivity contribution >= 4 is 29.1 Å². The summed E-state index contributed by atoms with van der Waals surface area (Å²) in [4.78, 5) is 46.6. The van der Waals surface area contributed by atoms with Crippen molar-refractivity contribution in [1.29, 1.82) is 0 Å². The summed E-state index contributed by atoms with van der Waals surface area (Å²) >= 11 is 1.09. The quantitative estimate of drug-likeness (QED) is 0.202. The monoisotopic (exact) mass is 568 g/mol. The lowest BCUT2D eigenvalue weighted by atomic mass is 9.92. The largest absolute Gasteiger partial charge is 0.476 e. The van der Waals surface area contributed by atoms with E-state index in [9.17, 15) is 24.6 Å². The molecule has 39 heavy (non-hydrogen) atoms. The zero-order chi connectivity index (χ0) is 29.1. The molecule has 2 amide bonds. The number of aromatic carboxylic acids is 1. The third-order valence-electron chi connectivity index (χ3n) is 7.67. The molecule has 5 unspecified atom stereocenters. The minimum absolute atomic E-state index is 0.0405. The molecular weight excluding hydrogens is 520 g/mol. The summed E-state index contributed by atoms with van der Waals surface area (Å²) in [5.74, 6) is -1.67. The Labute approximate surface area is 237 Å². The van der Waals surface area contributed by atoms with Gasteiger partial charge >= 0.3 is 5.97 Å². The Bertz CT molecular complexity index is 926. The lowest BCUT2D eigenvalue weighted by Crippen LogP contribution is -2.59. The van der Waals surface area contributed by atoms with Gasteiger partial charge in [-0.25, -0.2) is 9.78 Å². The third kappa shape index (κ3) is 9.51. The highest BCUT2D eigenvalue weighted by Gasteiger charge is 2.38. The van der Waals surface area contributed by atoms with Crippen LogP contribution in [0.25, 0.3) is 0 Å². The zero-order valence-electron chi connectivity index (χ0n) is 24.4. The second-order valence-electron chi connectivity index (χ2n) is 11.0. The third-order valence-corrected chi connectivity index (χ3v) is 8.61. The minimum Gasteiger partial charge on any atom is -0.476 e. The van der Waals surface area contributed by atoms with Gasteiger partial charge in [0.25, 0.3) is 0 Å². The second-order valence-corrected chi connectivity index (χ2v) is 11.9. The molecule has 0 radical (unpaired) electrons. The maximum Gasteiger partial charge on any atom is 0.355 e. The topological polar surface area (TPSA) is 132 Å². The van der Waals surface area contributed by atoms with Crippen LogP contribution in [0.4, 0.5) is 0 Å². The lowest BCUT2D eigenvalue weighted by Gasteiger charge is -2.39. The smallest absolute Gasteiger partial charge is 0.355 e. The van der Waals surface area contributed by atoms with E-state index in [2.05, 4.69) is 22.1 Å². The van der Waals surface area contributed by atoms with Gasteiger partial charge in [0.05, 0.1) is 6.04 Å². The number of amides is 2. The van der Waals surface area contributed by atoms with E-state index in [4.69, 9.17) is 4.74 Å². The van der Waals surface area contributed by atoms with Crippen LogP contribution in [0.1, 0.15) is 101 Å². The molecule has 1 aromatic rings. The number of hydrogen-bond donors (Lipinski definition) is 3. The molecule has 0 saturated carbocycles. The van der Waals surface area contributed by atoms with Crippen molar-refractivity contribution in [3.05, 3.63) is 16.1 Å². The van der Waals surface area contributed by atoms with Crippen molar-refractivity contribution < 1.29 is 29.3 Å². The Morgan fingerprint density at radius 2 is 1.97 bits per heavy atom. The molecule has 1 aromatic heterocycles. The number of unbranched alkanes of at least 4 members (excludes halogenated alkanes) is 1. The summed E-state index contributed by atoms with van der Waals surface area (Å²) in [6.07, 6.45) is 4.43. The molecule has 2 heterocycles. The van der Waals surface area contributed by atoms with Crippen molar-refractivity contribution in [3.63, 3.8) is 0 Å². The molecule has 1 saturated heterocycles. The highest BCUT2D eigenvalue weighted by molar-refractivity contribution is 7.09. The number of aliphatic hydroxyl groups excluding tert-OH is 1. The van der Waals surface area contributed by atoms with Crippen LogP contribution in [0.3, 0.4) is 0 Å². The standard InChI is InChI=1S/C28H48N4O6S/c1-7-9-14-38-17-32(22(18(3)4)15-23(33)26-29-20(16-39-26)28(36)37)27(35)24(19(5)8-2)30-25(34)21-12-10-11-13-31(21)6/h16,18-19,21-24,33H,7-15,17H2,1-6H3,(H,30,34)(H,36,37). The van der Waals surface area contributed by atoms with E-state index in [0.29, 0.717) is 18.0 Å². The van der Waals surface area contributed by atoms with Gasteiger partial charge in [0, 0.05) is 24.4 Å². The summed E-state index contributed by atoms with van der Waals surface area (Å²) in [7, 11) is 1.95. The maximum atomic E-state index is 14.2. The number of piperidine rings is 1. The van der Waals surface area contributed by atoms with Gasteiger partial charge in [-0.15, -0.1) is 11.3 Å². The summed E-state index contributed by atoms with van der Waals surface area (Å²) in [5.41, 5.74) is -0.113. The number of rotatable bonds is 16. The van der Waals surface area contributed by atoms with Crippen LogP contribution in [0.5, 0.6) is 0 Å². The number of ether oxygens (including phenoxy) is 1. The van der Waals surface area contributed by atoms with Crippen molar-refractivity contribution in [1.82, 2.24) is 20.1 Å². The first-order valence-electron chi connectivity index (χ1n) is 14.3. The van der Waals surface area contributed by atoms with Crippen molar-refractivity contribution in [3.8, 4) is 0 Å². The average Bonchev–Trinajstić information content (AvgIpc) is 3.41. The van der Waals surface area contributed by atoms with E-state index in [1.165, 1.54) is 5.38 Å². The second kappa shape index (κ2) is 16.2. The molecule has 0 bridgehead atoms. The summed E-state index contributed by atoms with van der Waals surface area (Å²) in [6.45, 7) is 11.4. The lowest BCUT2D eigenvalue weighted by molar-refractivity contribution is -0.149. The first-order chi connectivity index (χ1) is 18.5. The fraction of sp³-hybridized carbons (Fsp3) is 0.786. The number of likely N-dealkylation sites (N-methyl/N-ethyl adjacent to an activating group) is 1. The normalized spacial score (nSPS) is 19.3. The Balaban J connectivity index is 2.32. The summed E-state index contributed by atoms with van der Waals surface area (Å²) < 4.78 is 5.93. The van der Waals surface area contributed by atoms with Gasteiger partial charge in [0.15, 0.2) is 5.69 Å². The van der Waals surface area contributed by atoms with Crippen LogP contribution in [0.2, 0.25) is 0 Å². The van der Waals surface area contributed by atoms with E-state index >= 15 is 0 Å². The van der Waals surface area contributed by atoms with Gasteiger partial charge in [-0.1, -0.05) is 53.9 Å². The molecule has 1 aliphatic rings. The van der Waals surface area contributed by atoms with Crippen LogP contribution in [-0.2, 0) is 14.3 Å². The van der Waals surface area contributed by atoms with E-state index in [-0.39, 0.29) is 48.5 Å². The highest BCUT2D eigenvalue weighted by Crippen LogP contribution is 2.29. The van der Waals surface area contributed by atoms with Crippen molar-refractivity contribution in [2.24, 2.45) is 11.8 Å². The number of carbonyl (C=O) groups is 3. The molecule has 1 aliphatic heterocycles. The summed E-state index contributed by atoms with van der Waals surface area (Å²) in [6, 6.07) is -1.42. The number of nitrogens with zero attached hydrogens (tertiary/aromatic N) is 3. The van der Waals surface area contributed by atoms with Crippen LogP contribution in [0, 0.1) is 11.8 Å². The van der Waals surface area contributed by atoms with E-state index < -0.39 is 24.2 Å².